The molecule has 1 saturated heterocycles. The molecule has 0 N–H and O–H groups in total. The van der Waals surface area contributed by atoms with Crippen LogP contribution in [0.1, 0.15) is 20.8 Å². The number of halogens is 1. The summed E-state index contributed by atoms with van der Waals surface area (Å²) < 4.78 is 14.7. The van der Waals surface area contributed by atoms with Crippen LogP contribution in [0.5, 0.6) is 0 Å². The molecule has 1 rings (SSSR count). The molecule has 1 fully saturated rings. The molecule has 8 heteroatoms. The molecule has 0 aromatic heterocycles. The lowest BCUT2D eigenvalue weighted by atomic mass is 10.1. The fourth-order valence-electron chi connectivity index (χ4n) is 1.70. The Morgan fingerprint density at radius 1 is 0.947 bits per heavy atom. The van der Waals surface area contributed by atoms with Gasteiger partial charge in [-0.3, -0.25) is 14.4 Å². The number of alkyl halides is 1. The summed E-state index contributed by atoms with van der Waals surface area (Å²) in [5.41, 5.74) is 0. The van der Waals surface area contributed by atoms with Crippen LogP contribution in [0.2, 0.25) is 0 Å². The Bertz CT molecular complexity index is 374. The fraction of sp³-hybridized carbons (Fsp3) is 0.727. The Morgan fingerprint density at radius 3 is 1.89 bits per heavy atom. The van der Waals surface area contributed by atoms with Gasteiger partial charge < -0.3 is 14.2 Å². The molecular weight excluding hydrogens is 296 g/mol. The SMILES string of the molecule is CC(=O)O[C@H]1[C@H](OC(C)=O)CSC(Cl)[C@@H]1OC(C)=O. The van der Waals surface area contributed by atoms with Crippen LogP contribution in [0.25, 0.3) is 0 Å². The second-order valence-corrected chi connectivity index (χ2v) is 5.88. The topological polar surface area (TPSA) is 78.9 Å². The summed E-state index contributed by atoms with van der Waals surface area (Å²) in [4.78, 5) is 33.2. The van der Waals surface area contributed by atoms with Crippen molar-refractivity contribution in [2.24, 2.45) is 0 Å². The quantitative estimate of drug-likeness (QED) is 0.438. The van der Waals surface area contributed by atoms with Crippen LogP contribution in [0, 0.1) is 0 Å². The van der Waals surface area contributed by atoms with Gasteiger partial charge in [-0.25, -0.2) is 0 Å². The molecule has 0 saturated carbocycles. The zero-order valence-electron chi connectivity index (χ0n) is 10.8. The number of rotatable bonds is 3. The van der Waals surface area contributed by atoms with Crippen LogP contribution in [0.15, 0.2) is 0 Å². The van der Waals surface area contributed by atoms with Gasteiger partial charge in [0.2, 0.25) is 0 Å². The van der Waals surface area contributed by atoms with Gasteiger partial charge in [-0.1, -0.05) is 0 Å². The van der Waals surface area contributed by atoms with Gasteiger partial charge in [0, 0.05) is 26.5 Å². The number of thioether (sulfide) groups is 1. The largest absolute Gasteiger partial charge is 0.458 e. The van der Waals surface area contributed by atoms with E-state index < -0.39 is 40.9 Å². The summed E-state index contributed by atoms with van der Waals surface area (Å²) in [6.07, 6.45) is -2.44. The minimum Gasteiger partial charge on any atom is -0.458 e. The van der Waals surface area contributed by atoms with Crippen LogP contribution in [0.3, 0.4) is 0 Å². The second kappa shape index (κ2) is 7.00. The molecule has 108 valence electrons. The Labute approximate surface area is 120 Å². The highest BCUT2D eigenvalue weighted by molar-refractivity contribution is 8.01. The van der Waals surface area contributed by atoms with Crippen molar-refractivity contribution in [3.05, 3.63) is 0 Å². The van der Waals surface area contributed by atoms with E-state index in [4.69, 9.17) is 25.8 Å². The summed E-state index contributed by atoms with van der Waals surface area (Å²) >= 11 is 7.33. The third-order valence-corrected chi connectivity index (χ3v) is 4.02. The number of esters is 3. The first kappa shape index (κ1) is 16.1. The Kier molecular flexibility index (Phi) is 5.93. The van der Waals surface area contributed by atoms with E-state index in [-0.39, 0.29) is 0 Å². The third kappa shape index (κ3) is 4.91. The fourth-order valence-corrected chi connectivity index (χ4v) is 3.14. The average molecular weight is 311 g/mol. The number of hydrogen-bond donors (Lipinski definition) is 0. The molecule has 6 nitrogen and oxygen atoms in total. The van der Waals surface area contributed by atoms with Crippen LogP contribution in [-0.4, -0.2) is 46.7 Å². The smallest absolute Gasteiger partial charge is 0.303 e. The maximum absolute atomic E-state index is 11.1. The molecule has 0 amide bonds. The first-order chi connectivity index (χ1) is 8.81. The number of ether oxygens (including phenoxy) is 3. The summed E-state index contributed by atoms with van der Waals surface area (Å²) in [5, 5.41) is 0. The van der Waals surface area contributed by atoms with Crippen molar-refractivity contribution in [1.82, 2.24) is 0 Å². The minimum absolute atomic E-state index is 0.365. The first-order valence-electron chi connectivity index (χ1n) is 5.58. The lowest BCUT2D eigenvalue weighted by Gasteiger charge is -2.37. The van der Waals surface area contributed by atoms with Crippen molar-refractivity contribution in [2.75, 3.05) is 5.75 Å². The average Bonchev–Trinajstić information content (AvgIpc) is 2.25. The summed E-state index contributed by atoms with van der Waals surface area (Å²) in [6, 6.07) is 0. The van der Waals surface area contributed by atoms with E-state index in [1.165, 1.54) is 32.5 Å². The van der Waals surface area contributed by atoms with Gasteiger partial charge >= 0.3 is 17.9 Å². The van der Waals surface area contributed by atoms with E-state index in [1.807, 2.05) is 0 Å². The predicted octanol–water partition coefficient (Wildman–Crippen LogP) is 1.09. The van der Waals surface area contributed by atoms with Crippen molar-refractivity contribution >= 4 is 41.3 Å². The highest BCUT2D eigenvalue weighted by Gasteiger charge is 2.45. The van der Waals surface area contributed by atoms with E-state index in [1.54, 1.807) is 0 Å². The number of carbonyl (C=O) groups excluding carboxylic acids is 3. The van der Waals surface area contributed by atoms with Crippen molar-refractivity contribution < 1.29 is 28.6 Å². The zero-order chi connectivity index (χ0) is 14.6. The second-order valence-electron chi connectivity index (χ2n) is 3.98. The number of hydrogen-bond acceptors (Lipinski definition) is 7. The van der Waals surface area contributed by atoms with Gasteiger partial charge in [-0.05, 0) is 0 Å². The van der Waals surface area contributed by atoms with Gasteiger partial charge in [0.15, 0.2) is 18.3 Å². The van der Waals surface area contributed by atoms with Gasteiger partial charge in [0.05, 0.1) is 0 Å². The van der Waals surface area contributed by atoms with E-state index in [2.05, 4.69) is 0 Å². The molecule has 1 aliphatic rings. The van der Waals surface area contributed by atoms with Gasteiger partial charge in [-0.15, -0.1) is 23.4 Å². The molecule has 0 aliphatic carbocycles. The van der Waals surface area contributed by atoms with Gasteiger partial charge in [0.1, 0.15) is 4.71 Å². The van der Waals surface area contributed by atoms with Crippen LogP contribution in [0.4, 0.5) is 0 Å². The van der Waals surface area contributed by atoms with Crippen molar-refractivity contribution in [1.29, 1.82) is 0 Å². The standard InChI is InChI=1S/C11H15ClO6S/c1-5(13)16-8-4-19-11(12)10(18-7(3)15)9(8)17-6(2)14/h8-11H,4H2,1-3H3/t8-,9+,10-,11?/m1/s1. The summed E-state index contributed by atoms with van der Waals surface area (Å²) in [7, 11) is 0. The predicted molar refractivity (Wildman–Crippen MR) is 68.8 cm³/mol. The Morgan fingerprint density at radius 2 is 1.42 bits per heavy atom. The third-order valence-electron chi connectivity index (χ3n) is 2.29. The lowest BCUT2D eigenvalue weighted by molar-refractivity contribution is -0.180. The molecule has 0 spiro atoms. The molecule has 1 aliphatic heterocycles. The van der Waals surface area contributed by atoms with Crippen LogP contribution >= 0.6 is 23.4 Å². The van der Waals surface area contributed by atoms with Gasteiger partial charge in [-0.2, -0.15) is 0 Å². The van der Waals surface area contributed by atoms with E-state index in [0.717, 1.165) is 0 Å². The van der Waals surface area contributed by atoms with Crippen LogP contribution < -0.4 is 0 Å². The van der Waals surface area contributed by atoms with E-state index in [9.17, 15) is 14.4 Å². The summed E-state index contributed by atoms with van der Waals surface area (Å²) in [6.45, 7) is 3.71. The Hall–Kier alpha value is -0.950. The molecule has 19 heavy (non-hydrogen) atoms. The monoisotopic (exact) mass is 310 g/mol. The molecule has 1 heterocycles. The highest BCUT2D eigenvalue weighted by Crippen LogP contribution is 2.34. The minimum atomic E-state index is -0.894. The maximum Gasteiger partial charge on any atom is 0.303 e. The summed E-state index contributed by atoms with van der Waals surface area (Å²) in [5.74, 6) is -1.24. The Balaban J connectivity index is 2.89. The molecule has 1 unspecified atom stereocenters. The molecule has 0 aromatic rings. The highest BCUT2D eigenvalue weighted by atomic mass is 35.5. The normalized spacial score (nSPS) is 30.3. The lowest BCUT2D eigenvalue weighted by Crippen LogP contribution is -2.52. The van der Waals surface area contributed by atoms with E-state index >= 15 is 0 Å². The van der Waals surface area contributed by atoms with Gasteiger partial charge in [0.25, 0.3) is 0 Å². The zero-order valence-corrected chi connectivity index (χ0v) is 12.3. The number of carbonyl (C=O) groups is 3. The van der Waals surface area contributed by atoms with Crippen LogP contribution in [-0.2, 0) is 28.6 Å². The first-order valence-corrected chi connectivity index (χ1v) is 7.07. The van der Waals surface area contributed by atoms with Crippen molar-refractivity contribution in [3.8, 4) is 0 Å². The van der Waals surface area contributed by atoms with E-state index in [0.29, 0.717) is 5.75 Å². The molecule has 4 atom stereocenters. The molecule has 0 aromatic carbocycles. The molecule has 0 radical (unpaired) electrons. The van der Waals surface area contributed by atoms with Crippen molar-refractivity contribution in [3.63, 3.8) is 0 Å². The van der Waals surface area contributed by atoms with Crippen molar-refractivity contribution in [2.45, 2.75) is 43.8 Å². The molecular formula is C11H15ClO6S. The molecule has 0 bridgehead atoms. The maximum atomic E-state index is 11.1.